The summed E-state index contributed by atoms with van der Waals surface area (Å²) in [6.07, 6.45) is 9.43. The molecule has 0 spiro atoms. The zero-order chi connectivity index (χ0) is 15.4. The number of amides is 1. The Hall–Kier alpha value is -1.29. The van der Waals surface area contributed by atoms with Crippen LogP contribution >= 0.6 is 11.6 Å². The summed E-state index contributed by atoms with van der Waals surface area (Å²) in [5.74, 6) is 1.84. The molecule has 1 aliphatic carbocycles. The van der Waals surface area contributed by atoms with Crippen LogP contribution in [-0.2, 0) is 4.79 Å². The van der Waals surface area contributed by atoms with Crippen LogP contribution < -0.4 is 10.2 Å². The summed E-state index contributed by atoms with van der Waals surface area (Å²) in [5.41, 5.74) is 0. The molecule has 5 heteroatoms. The van der Waals surface area contributed by atoms with E-state index in [9.17, 15) is 4.79 Å². The lowest BCUT2D eigenvalue weighted by Gasteiger charge is -2.33. The van der Waals surface area contributed by atoms with Crippen molar-refractivity contribution in [3.05, 3.63) is 23.4 Å². The largest absolute Gasteiger partial charge is 0.356 e. The minimum atomic E-state index is 0.245. The van der Waals surface area contributed by atoms with Gasteiger partial charge in [-0.05, 0) is 43.7 Å². The number of halogens is 1. The van der Waals surface area contributed by atoms with Gasteiger partial charge in [0.25, 0.3) is 0 Å². The Morgan fingerprint density at radius 1 is 1.23 bits per heavy atom. The number of piperidine rings is 1. The van der Waals surface area contributed by atoms with Crippen molar-refractivity contribution in [1.29, 1.82) is 0 Å². The van der Waals surface area contributed by atoms with E-state index in [1.54, 1.807) is 6.20 Å². The Labute approximate surface area is 137 Å². The normalized spacial score (nSPS) is 20.3. The minimum absolute atomic E-state index is 0.245. The summed E-state index contributed by atoms with van der Waals surface area (Å²) in [4.78, 5) is 18.7. The smallest absolute Gasteiger partial charge is 0.220 e. The van der Waals surface area contributed by atoms with Gasteiger partial charge in [-0.2, -0.15) is 0 Å². The van der Waals surface area contributed by atoms with Crippen molar-refractivity contribution in [3.63, 3.8) is 0 Å². The van der Waals surface area contributed by atoms with E-state index in [0.29, 0.717) is 17.0 Å². The van der Waals surface area contributed by atoms with Crippen LogP contribution in [0, 0.1) is 5.92 Å². The summed E-state index contributed by atoms with van der Waals surface area (Å²) in [7, 11) is 0. The van der Waals surface area contributed by atoms with E-state index in [2.05, 4.69) is 15.2 Å². The Kier molecular flexibility index (Phi) is 5.19. The lowest BCUT2D eigenvalue weighted by molar-refractivity contribution is -0.122. The summed E-state index contributed by atoms with van der Waals surface area (Å²) in [5, 5.41) is 3.88. The van der Waals surface area contributed by atoms with Gasteiger partial charge >= 0.3 is 0 Å². The molecule has 4 nitrogen and oxygen atoms in total. The maximum absolute atomic E-state index is 12.1. The van der Waals surface area contributed by atoms with Crippen molar-refractivity contribution in [2.24, 2.45) is 5.92 Å². The number of hydrogen-bond acceptors (Lipinski definition) is 3. The molecule has 0 bridgehead atoms. The summed E-state index contributed by atoms with van der Waals surface area (Å²) >= 11 is 5.87. The van der Waals surface area contributed by atoms with Crippen molar-refractivity contribution in [2.45, 2.75) is 51.0 Å². The van der Waals surface area contributed by atoms with Gasteiger partial charge < -0.3 is 10.2 Å². The van der Waals surface area contributed by atoms with E-state index in [1.165, 1.54) is 25.7 Å². The molecule has 2 aliphatic rings. The SMILES string of the molecule is O=C(CC1CCCC1)NC1CCN(c2ccc(Cl)cn2)CC1. The van der Waals surface area contributed by atoms with Crippen LogP contribution in [0.2, 0.25) is 5.02 Å². The number of carbonyl (C=O) groups is 1. The highest BCUT2D eigenvalue weighted by molar-refractivity contribution is 6.30. The maximum Gasteiger partial charge on any atom is 0.220 e. The van der Waals surface area contributed by atoms with Crippen LogP contribution in [-0.4, -0.2) is 30.0 Å². The molecule has 1 aromatic rings. The quantitative estimate of drug-likeness (QED) is 0.924. The van der Waals surface area contributed by atoms with Crippen LogP contribution in [0.1, 0.15) is 44.9 Å². The second kappa shape index (κ2) is 7.32. The maximum atomic E-state index is 12.1. The number of rotatable bonds is 4. The molecule has 0 unspecified atom stereocenters. The van der Waals surface area contributed by atoms with Gasteiger partial charge in [-0.25, -0.2) is 4.98 Å². The molecule has 1 aromatic heterocycles. The van der Waals surface area contributed by atoms with Crippen LogP contribution in [0.3, 0.4) is 0 Å². The van der Waals surface area contributed by atoms with Crippen molar-refractivity contribution in [2.75, 3.05) is 18.0 Å². The van der Waals surface area contributed by atoms with Gasteiger partial charge in [-0.15, -0.1) is 0 Å². The van der Waals surface area contributed by atoms with E-state index >= 15 is 0 Å². The molecule has 1 N–H and O–H groups in total. The molecule has 0 radical (unpaired) electrons. The molecule has 22 heavy (non-hydrogen) atoms. The number of nitrogens with zero attached hydrogens (tertiary/aromatic N) is 2. The molecule has 2 fully saturated rings. The number of hydrogen-bond donors (Lipinski definition) is 1. The van der Waals surface area contributed by atoms with Gasteiger partial charge in [0, 0.05) is 31.7 Å². The molecule has 0 atom stereocenters. The fraction of sp³-hybridized carbons (Fsp3) is 0.647. The molecule has 1 amide bonds. The minimum Gasteiger partial charge on any atom is -0.356 e. The monoisotopic (exact) mass is 321 g/mol. The van der Waals surface area contributed by atoms with E-state index in [0.717, 1.165) is 38.2 Å². The lowest BCUT2D eigenvalue weighted by atomic mass is 10.0. The Bertz CT molecular complexity index is 491. The van der Waals surface area contributed by atoms with Crippen molar-refractivity contribution in [1.82, 2.24) is 10.3 Å². The zero-order valence-corrected chi connectivity index (χ0v) is 13.7. The standard InChI is InChI=1S/C17H24ClN3O/c18-14-5-6-16(19-12-14)21-9-7-15(8-10-21)20-17(22)11-13-3-1-2-4-13/h5-6,12-13,15H,1-4,7-11H2,(H,20,22). The lowest BCUT2D eigenvalue weighted by Crippen LogP contribution is -2.45. The first-order chi connectivity index (χ1) is 10.7. The molecule has 1 saturated heterocycles. The molecular formula is C17H24ClN3O. The second-order valence-corrected chi connectivity index (χ2v) is 6.95. The first kappa shape index (κ1) is 15.6. The molecule has 1 aliphatic heterocycles. The molecule has 3 rings (SSSR count). The third kappa shape index (κ3) is 4.13. The van der Waals surface area contributed by atoms with Crippen LogP contribution in [0.5, 0.6) is 0 Å². The van der Waals surface area contributed by atoms with Gasteiger partial charge in [0.1, 0.15) is 5.82 Å². The van der Waals surface area contributed by atoms with Gasteiger partial charge in [-0.1, -0.05) is 24.4 Å². The van der Waals surface area contributed by atoms with E-state index < -0.39 is 0 Å². The van der Waals surface area contributed by atoms with Crippen LogP contribution in [0.15, 0.2) is 18.3 Å². The van der Waals surface area contributed by atoms with Gasteiger partial charge in [-0.3, -0.25) is 4.79 Å². The molecule has 2 heterocycles. The summed E-state index contributed by atoms with van der Waals surface area (Å²) in [6, 6.07) is 4.15. The Morgan fingerprint density at radius 2 is 1.95 bits per heavy atom. The van der Waals surface area contributed by atoms with Crippen LogP contribution in [0.25, 0.3) is 0 Å². The average Bonchev–Trinajstić information content (AvgIpc) is 3.02. The second-order valence-electron chi connectivity index (χ2n) is 6.52. The number of aromatic nitrogens is 1. The van der Waals surface area contributed by atoms with Crippen molar-refractivity contribution >= 4 is 23.3 Å². The summed E-state index contributed by atoms with van der Waals surface area (Å²) < 4.78 is 0. The number of carbonyl (C=O) groups excluding carboxylic acids is 1. The first-order valence-corrected chi connectivity index (χ1v) is 8.74. The third-order valence-electron chi connectivity index (χ3n) is 4.84. The number of nitrogens with one attached hydrogen (secondary N) is 1. The number of pyridine rings is 1. The number of anilines is 1. The molecule has 120 valence electrons. The van der Waals surface area contributed by atoms with Crippen molar-refractivity contribution in [3.8, 4) is 0 Å². The highest BCUT2D eigenvalue weighted by Gasteiger charge is 2.23. The highest BCUT2D eigenvalue weighted by atomic mass is 35.5. The fourth-order valence-electron chi connectivity index (χ4n) is 3.57. The highest BCUT2D eigenvalue weighted by Crippen LogP contribution is 2.27. The molecule has 1 saturated carbocycles. The Morgan fingerprint density at radius 3 is 2.59 bits per heavy atom. The predicted octanol–water partition coefficient (Wildman–Crippen LogP) is 3.40. The van der Waals surface area contributed by atoms with Gasteiger partial charge in [0.05, 0.1) is 5.02 Å². The first-order valence-electron chi connectivity index (χ1n) is 8.36. The van der Waals surface area contributed by atoms with Gasteiger partial charge in [0.15, 0.2) is 0 Å². The van der Waals surface area contributed by atoms with Crippen LogP contribution in [0.4, 0.5) is 5.82 Å². The third-order valence-corrected chi connectivity index (χ3v) is 5.07. The molecular weight excluding hydrogens is 298 g/mol. The summed E-state index contributed by atoms with van der Waals surface area (Å²) in [6.45, 7) is 1.87. The average molecular weight is 322 g/mol. The van der Waals surface area contributed by atoms with E-state index in [4.69, 9.17) is 11.6 Å². The topological polar surface area (TPSA) is 45.2 Å². The molecule has 0 aromatic carbocycles. The fourth-order valence-corrected chi connectivity index (χ4v) is 3.68. The van der Waals surface area contributed by atoms with E-state index in [-0.39, 0.29) is 5.91 Å². The zero-order valence-electron chi connectivity index (χ0n) is 12.9. The van der Waals surface area contributed by atoms with Gasteiger partial charge in [0.2, 0.25) is 5.91 Å². The van der Waals surface area contributed by atoms with E-state index in [1.807, 2.05) is 12.1 Å². The van der Waals surface area contributed by atoms with Crippen molar-refractivity contribution < 1.29 is 4.79 Å². The Balaban J connectivity index is 1.43. The predicted molar refractivity (Wildman–Crippen MR) is 89.2 cm³/mol.